The highest BCUT2D eigenvalue weighted by atomic mass is 19.1. The van der Waals surface area contributed by atoms with Crippen LogP contribution in [0.1, 0.15) is 74.8 Å². The van der Waals surface area contributed by atoms with Crippen molar-refractivity contribution in [3.63, 3.8) is 0 Å². The smallest absolute Gasteiger partial charge is 0.334 e. The van der Waals surface area contributed by atoms with Crippen molar-refractivity contribution in [1.29, 1.82) is 0 Å². The Morgan fingerprint density at radius 1 is 1.04 bits per heavy atom. The Balaban J connectivity index is 1.49. The molecule has 1 saturated carbocycles. The van der Waals surface area contributed by atoms with E-state index in [1.165, 1.54) is 31.5 Å². The Kier molecular flexibility index (Phi) is 13.3. The summed E-state index contributed by atoms with van der Waals surface area (Å²) < 4.78 is 46.5. The van der Waals surface area contributed by atoms with Crippen LogP contribution in [0.2, 0.25) is 0 Å². The predicted octanol–water partition coefficient (Wildman–Crippen LogP) is 4.32. The molecular weight excluding hydrogens is 615 g/mol. The van der Waals surface area contributed by atoms with Crippen LogP contribution in [0.3, 0.4) is 0 Å². The van der Waals surface area contributed by atoms with Gasteiger partial charge in [0.2, 0.25) is 6.79 Å². The summed E-state index contributed by atoms with van der Waals surface area (Å²) >= 11 is 0. The Hall–Kier alpha value is -4.26. The summed E-state index contributed by atoms with van der Waals surface area (Å²) in [4.78, 5) is 56.1. The lowest BCUT2D eigenvalue weighted by Crippen LogP contribution is -2.45. The van der Waals surface area contributed by atoms with E-state index in [1.54, 1.807) is 26.0 Å². The highest BCUT2D eigenvalue weighted by Gasteiger charge is 2.38. The predicted molar refractivity (Wildman–Crippen MR) is 165 cm³/mol. The minimum absolute atomic E-state index is 0.0836. The molecule has 1 saturated heterocycles. The molecule has 4 atom stereocenters. The Labute approximate surface area is 273 Å². The van der Waals surface area contributed by atoms with Crippen LogP contribution in [0, 0.1) is 17.7 Å². The average Bonchev–Trinajstić information content (AvgIpc) is 3.62. The van der Waals surface area contributed by atoms with Crippen molar-refractivity contribution in [3.8, 4) is 11.5 Å². The van der Waals surface area contributed by atoms with E-state index in [4.69, 9.17) is 28.4 Å². The molecule has 2 heterocycles. The molecule has 2 aromatic rings. The van der Waals surface area contributed by atoms with Crippen LogP contribution in [0.25, 0.3) is 0 Å². The van der Waals surface area contributed by atoms with E-state index in [-0.39, 0.29) is 53.8 Å². The molecule has 1 aliphatic heterocycles. The van der Waals surface area contributed by atoms with Gasteiger partial charge in [0.1, 0.15) is 30.7 Å². The third kappa shape index (κ3) is 10.1. The number of cyclic esters (lactones) is 1. The molecule has 2 fully saturated rings. The zero-order chi connectivity index (χ0) is 33.8. The van der Waals surface area contributed by atoms with Gasteiger partial charge in [-0.05, 0) is 63.6 Å². The number of esters is 3. The van der Waals surface area contributed by atoms with Gasteiger partial charge in [0.15, 0.2) is 17.2 Å². The van der Waals surface area contributed by atoms with Crippen LogP contribution in [-0.2, 0) is 39.8 Å². The van der Waals surface area contributed by atoms with E-state index in [1.807, 2.05) is 0 Å². The fraction of sp³-hybridized carbons (Fsp3) is 0.559. The topological polar surface area (TPSA) is 149 Å². The molecule has 256 valence electrons. The number of pyridine rings is 1. The first kappa shape index (κ1) is 35.6. The van der Waals surface area contributed by atoms with Crippen molar-refractivity contribution < 1.29 is 52.0 Å². The van der Waals surface area contributed by atoms with Gasteiger partial charge in [-0.3, -0.25) is 9.59 Å². The molecule has 0 unspecified atom stereocenters. The maximum Gasteiger partial charge on any atom is 0.334 e. The molecule has 47 heavy (non-hydrogen) atoms. The molecule has 1 aromatic carbocycles. The summed E-state index contributed by atoms with van der Waals surface area (Å²) in [7, 11) is 1.38. The molecular formula is C34H43FN2O10. The van der Waals surface area contributed by atoms with Gasteiger partial charge in [0, 0.05) is 24.8 Å². The number of methoxy groups -OCH3 is 1. The van der Waals surface area contributed by atoms with Crippen molar-refractivity contribution in [2.45, 2.75) is 83.5 Å². The van der Waals surface area contributed by atoms with Crippen LogP contribution in [-0.4, -0.2) is 74.2 Å². The summed E-state index contributed by atoms with van der Waals surface area (Å²) in [6.45, 7) is 2.95. The minimum atomic E-state index is -1.05. The highest BCUT2D eigenvalue weighted by molar-refractivity contribution is 5.98. The molecule has 12 nitrogen and oxygen atoms in total. The van der Waals surface area contributed by atoms with E-state index in [2.05, 4.69) is 10.3 Å². The molecule has 0 spiro atoms. The lowest BCUT2D eigenvalue weighted by Gasteiger charge is -2.31. The fourth-order valence-corrected chi connectivity index (χ4v) is 5.94. The fourth-order valence-electron chi connectivity index (χ4n) is 5.94. The quantitative estimate of drug-likeness (QED) is 0.186. The van der Waals surface area contributed by atoms with Gasteiger partial charge in [-0.2, -0.15) is 0 Å². The van der Waals surface area contributed by atoms with E-state index >= 15 is 0 Å². The standard InChI is InChI=1S/C34H43FN2O10/c1-4-43-19-28(38)44-20-45-31-27(42-3)16-17-36-29(31)32(39)37-26-11-7-10-24(18-22-12-14-25(35)15-13-22)30(21(2)46-34(26)41)47-33(40)23-8-5-6-9-23/h12-17,21,23-24,26,30H,4-11,18-20H2,1-3H3,(H,37,39)/t21-,24+,26-,30-/m0/s1. The number of halogens is 1. The summed E-state index contributed by atoms with van der Waals surface area (Å²) in [5, 5.41) is 2.70. The normalized spacial score (nSPS) is 21.8. The summed E-state index contributed by atoms with van der Waals surface area (Å²) in [5.41, 5.74) is 0.671. The number of benzene rings is 1. The molecule has 1 aromatic heterocycles. The average molecular weight is 659 g/mol. The molecule has 0 radical (unpaired) electrons. The van der Waals surface area contributed by atoms with Gasteiger partial charge in [-0.15, -0.1) is 0 Å². The summed E-state index contributed by atoms with van der Waals surface area (Å²) in [6, 6.07) is 6.57. The number of aromatic nitrogens is 1. The number of carbonyl (C=O) groups is 4. The molecule has 4 rings (SSSR count). The van der Waals surface area contributed by atoms with E-state index < -0.39 is 42.9 Å². The van der Waals surface area contributed by atoms with E-state index in [9.17, 15) is 23.6 Å². The monoisotopic (exact) mass is 658 g/mol. The van der Waals surface area contributed by atoms with Crippen molar-refractivity contribution >= 4 is 23.8 Å². The first-order chi connectivity index (χ1) is 22.7. The minimum Gasteiger partial charge on any atom is -0.493 e. The number of nitrogens with one attached hydrogen (secondary N) is 1. The number of amides is 1. The maximum atomic E-state index is 13.6. The van der Waals surface area contributed by atoms with Gasteiger partial charge >= 0.3 is 17.9 Å². The van der Waals surface area contributed by atoms with Crippen molar-refractivity contribution in [3.05, 3.63) is 53.6 Å². The lowest BCUT2D eigenvalue weighted by molar-refractivity contribution is -0.174. The van der Waals surface area contributed by atoms with Gasteiger partial charge in [-0.25, -0.2) is 19.0 Å². The Morgan fingerprint density at radius 2 is 1.79 bits per heavy atom. The van der Waals surface area contributed by atoms with Crippen LogP contribution in [0.4, 0.5) is 4.39 Å². The van der Waals surface area contributed by atoms with E-state index in [0.29, 0.717) is 25.9 Å². The molecule has 0 bridgehead atoms. The summed E-state index contributed by atoms with van der Waals surface area (Å²) in [6.07, 6.45) is 4.97. The van der Waals surface area contributed by atoms with Gasteiger partial charge in [0.05, 0.1) is 13.0 Å². The third-order valence-electron chi connectivity index (χ3n) is 8.39. The first-order valence-corrected chi connectivity index (χ1v) is 16.1. The first-order valence-electron chi connectivity index (χ1n) is 16.1. The summed E-state index contributed by atoms with van der Waals surface area (Å²) in [5.74, 6) is -3.08. The third-order valence-corrected chi connectivity index (χ3v) is 8.39. The number of hydrogen-bond acceptors (Lipinski definition) is 11. The molecule has 1 amide bonds. The van der Waals surface area contributed by atoms with Crippen molar-refractivity contribution in [2.75, 3.05) is 27.1 Å². The molecule has 2 aliphatic rings. The van der Waals surface area contributed by atoms with E-state index in [0.717, 1.165) is 31.2 Å². The largest absolute Gasteiger partial charge is 0.493 e. The van der Waals surface area contributed by atoms with Crippen LogP contribution in [0.5, 0.6) is 11.5 Å². The number of ether oxygens (including phenoxy) is 6. The second-order valence-electron chi connectivity index (χ2n) is 11.7. The Morgan fingerprint density at radius 3 is 2.49 bits per heavy atom. The second kappa shape index (κ2) is 17.6. The van der Waals surface area contributed by atoms with Gasteiger partial charge in [-0.1, -0.05) is 31.4 Å². The number of nitrogens with zero attached hydrogens (tertiary/aromatic N) is 1. The van der Waals surface area contributed by atoms with Gasteiger partial charge < -0.3 is 33.7 Å². The SMILES string of the molecule is CCOCC(=O)OCOc1c(OC)ccnc1C(=O)N[C@H]1CCC[C@H](Cc2ccc(F)cc2)[C@@H](OC(=O)C2CCCC2)[C@H](C)OC1=O. The van der Waals surface area contributed by atoms with Crippen LogP contribution in [0.15, 0.2) is 36.5 Å². The van der Waals surface area contributed by atoms with Crippen molar-refractivity contribution in [2.24, 2.45) is 11.8 Å². The molecule has 1 N–H and O–H groups in total. The number of hydrogen-bond donors (Lipinski definition) is 1. The number of carbonyl (C=O) groups excluding carboxylic acids is 4. The van der Waals surface area contributed by atoms with Crippen LogP contribution < -0.4 is 14.8 Å². The maximum absolute atomic E-state index is 13.6. The van der Waals surface area contributed by atoms with Gasteiger partial charge in [0.25, 0.3) is 5.91 Å². The highest BCUT2D eigenvalue weighted by Crippen LogP contribution is 2.32. The zero-order valence-corrected chi connectivity index (χ0v) is 27.0. The zero-order valence-electron chi connectivity index (χ0n) is 27.0. The second-order valence-corrected chi connectivity index (χ2v) is 11.7. The van der Waals surface area contributed by atoms with Crippen LogP contribution >= 0.6 is 0 Å². The molecule has 13 heteroatoms. The molecule has 1 aliphatic carbocycles. The Bertz CT molecular complexity index is 1370. The van der Waals surface area contributed by atoms with Crippen molar-refractivity contribution in [1.82, 2.24) is 10.3 Å². The lowest BCUT2D eigenvalue weighted by atomic mass is 9.86. The number of rotatable bonds is 13.